The minimum absolute atomic E-state index is 0.101. The minimum atomic E-state index is -4.01. The third-order valence-electron chi connectivity index (χ3n) is 3.61. The van der Waals surface area contributed by atoms with Crippen LogP contribution in [0.2, 0.25) is 0 Å². The zero-order valence-corrected chi connectivity index (χ0v) is 12.8. The van der Waals surface area contributed by atoms with E-state index in [1.165, 1.54) is 12.1 Å². The molecule has 0 radical (unpaired) electrons. The molecule has 0 spiro atoms. The standard InChI is InChI=1S/C14H17NO6S/c1-14(19,13(17)18)8-15-22(20,21)10-6-5-9-3-2-4-12(16)11(9)7-10/h5-7,15,19H,2-4,8H2,1H3,(H,17,18). The molecule has 1 aromatic rings. The van der Waals surface area contributed by atoms with E-state index in [0.29, 0.717) is 12.0 Å². The fraction of sp³-hybridized carbons (Fsp3) is 0.429. The average Bonchev–Trinajstić information content (AvgIpc) is 2.45. The Morgan fingerprint density at radius 3 is 2.68 bits per heavy atom. The number of nitrogens with one attached hydrogen (secondary N) is 1. The number of aliphatic hydroxyl groups is 1. The molecule has 0 saturated heterocycles. The number of carbonyl (C=O) groups is 2. The lowest BCUT2D eigenvalue weighted by Crippen LogP contribution is -2.46. The minimum Gasteiger partial charge on any atom is -0.479 e. The van der Waals surface area contributed by atoms with Gasteiger partial charge in [0.05, 0.1) is 11.4 Å². The van der Waals surface area contributed by atoms with Crippen LogP contribution in [-0.2, 0) is 21.2 Å². The number of hydrogen-bond donors (Lipinski definition) is 3. The van der Waals surface area contributed by atoms with E-state index in [1.807, 2.05) is 4.72 Å². The number of fused-ring (bicyclic) bond motifs is 1. The smallest absolute Gasteiger partial charge is 0.336 e. The Labute approximate surface area is 128 Å². The van der Waals surface area contributed by atoms with Gasteiger partial charge in [0.25, 0.3) is 0 Å². The predicted molar refractivity (Wildman–Crippen MR) is 77.2 cm³/mol. The molecule has 2 rings (SSSR count). The second-order valence-electron chi connectivity index (χ2n) is 5.50. The number of carboxylic acids is 1. The van der Waals surface area contributed by atoms with Gasteiger partial charge in [0.1, 0.15) is 0 Å². The van der Waals surface area contributed by atoms with E-state index in [-0.39, 0.29) is 10.7 Å². The molecule has 1 aromatic carbocycles. The first-order valence-corrected chi connectivity index (χ1v) is 8.23. The maximum Gasteiger partial charge on any atom is 0.336 e. The maximum absolute atomic E-state index is 12.2. The van der Waals surface area contributed by atoms with Gasteiger partial charge in [0, 0.05) is 12.0 Å². The van der Waals surface area contributed by atoms with Crippen molar-refractivity contribution in [2.24, 2.45) is 0 Å². The van der Waals surface area contributed by atoms with Crippen LogP contribution >= 0.6 is 0 Å². The summed E-state index contributed by atoms with van der Waals surface area (Å²) in [6, 6.07) is 4.26. The highest BCUT2D eigenvalue weighted by atomic mass is 32.2. The summed E-state index contributed by atoms with van der Waals surface area (Å²) < 4.78 is 26.4. The Bertz CT molecular complexity index is 723. The number of sulfonamides is 1. The van der Waals surface area contributed by atoms with E-state index in [1.54, 1.807) is 6.07 Å². The van der Waals surface area contributed by atoms with Gasteiger partial charge in [-0.05, 0) is 37.5 Å². The highest BCUT2D eigenvalue weighted by molar-refractivity contribution is 7.89. The van der Waals surface area contributed by atoms with Gasteiger partial charge >= 0.3 is 5.97 Å². The Hall–Kier alpha value is -1.77. The summed E-state index contributed by atoms with van der Waals surface area (Å²) >= 11 is 0. The summed E-state index contributed by atoms with van der Waals surface area (Å²) in [5.41, 5.74) is -1.01. The summed E-state index contributed by atoms with van der Waals surface area (Å²) in [5, 5.41) is 18.3. The maximum atomic E-state index is 12.2. The Kier molecular flexibility index (Phi) is 4.37. The van der Waals surface area contributed by atoms with E-state index >= 15 is 0 Å². The molecule has 1 unspecified atom stereocenters. The quantitative estimate of drug-likeness (QED) is 0.716. The van der Waals surface area contributed by atoms with Crippen LogP contribution in [0.15, 0.2) is 23.1 Å². The second kappa shape index (κ2) is 5.79. The van der Waals surface area contributed by atoms with Crippen LogP contribution in [0.4, 0.5) is 0 Å². The Balaban J connectivity index is 2.25. The third kappa shape index (κ3) is 3.34. The average molecular weight is 327 g/mol. The molecule has 0 bridgehead atoms. The van der Waals surface area contributed by atoms with Crippen LogP contribution < -0.4 is 4.72 Å². The van der Waals surface area contributed by atoms with Gasteiger partial charge in [-0.1, -0.05) is 6.07 Å². The molecule has 1 aliphatic rings. The second-order valence-corrected chi connectivity index (χ2v) is 7.27. The number of Topliss-reactive ketones (excluding diaryl/α,β-unsaturated/α-hetero) is 1. The van der Waals surface area contributed by atoms with Crippen LogP contribution in [0.25, 0.3) is 0 Å². The van der Waals surface area contributed by atoms with E-state index in [9.17, 15) is 23.1 Å². The molecule has 8 heteroatoms. The first-order valence-electron chi connectivity index (χ1n) is 6.75. The number of aliphatic carboxylic acids is 1. The lowest BCUT2D eigenvalue weighted by atomic mass is 9.91. The SMILES string of the molecule is CC(O)(CNS(=O)(=O)c1ccc2c(c1)C(=O)CCC2)C(=O)O. The van der Waals surface area contributed by atoms with Crippen LogP contribution in [0, 0.1) is 0 Å². The number of carbonyl (C=O) groups excluding carboxylic acids is 1. The molecule has 0 amide bonds. The molecule has 120 valence electrons. The normalized spacial score (nSPS) is 17.6. The first kappa shape index (κ1) is 16.6. The van der Waals surface area contributed by atoms with Crippen molar-refractivity contribution in [1.29, 1.82) is 0 Å². The summed E-state index contributed by atoms with van der Waals surface area (Å²) in [4.78, 5) is 22.5. The summed E-state index contributed by atoms with van der Waals surface area (Å²) in [5.74, 6) is -1.63. The number of aryl methyl sites for hydroxylation is 1. The van der Waals surface area contributed by atoms with Gasteiger partial charge in [0.2, 0.25) is 10.0 Å². The lowest BCUT2D eigenvalue weighted by molar-refractivity contribution is -0.155. The number of ketones is 1. The first-order chi connectivity index (χ1) is 10.1. The van der Waals surface area contributed by atoms with Crippen molar-refractivity contribution < 1.29 is 28.2 Å². The van der Waals surface area contributed by atoms with Crippen molar-refractivity contribution in [3.05, 3.63) is 29.3 Å². The monoisotopic (exact) mass is 327 g/mol. The lowest BCUT2D eigenvalue weighted by Gasteiger charge is -2.19. The zero-order chi connectivity index (χ0) is 16.5. The molecule has 0 saturated carbocycles. The van der Waals surface area contributed by atoms with Gasteiger partial charge in [0.15, 0.2) is 11.4 Å². The topological polar surface area (TPSA) is 121 Å². The van der Waals surface area contributed by atoms with Crippen LogP contribution in [0.1, 0.15) is 35.7 Å². The number of benzene rings is 1. The molecule has 0 heterocycles. The van der Waals surface area contributed by atoms with Crippen molar-refractivity contribution in [1.82, 2.24) is 4.72 Å². The predicted octanol–water partition coefficient (Wildman–Crippen LogP) is 0.320. The molecule has 7 nitrogen and oxygen atoms in total. The fourth-order valence-corrected chi connectivity index (χ4v) is 3.33. The van der Waals surface area contributed by atoms with Crippen LogP contribution in [0.5, 0.6) is 0 Å². The molecular weight excluding hydrogens is 310 g/mol. The van der Waals surface area contributed by atoms with Gasteiger partial charge < -0.3 is 10.2 Å². The van der Waals surface area contributed by atoms with Gasteiger partial charge in [-0.3, -0.25) is 4.79 Å². The molecule has 1 atom stereocenters. The van der Waals surface area contributed by atoms with Crippen LogP contribution in [0.3, 0.4) is 0 Å². The zero-order valence-electron chi connectivity index (χ0n) is 12.0. The molecule has 0 aromatic heterocycles. The van der Waals surface area contributed by atoms with Gasteiger partial charge in [-0.25, -0.2) is 17.9 Å². The summed E-state index contributed by atoms with van der Waals surface area (Å²) in [7, 11) is -4.01. The van der Waals surface area contributed by atoms with Crippen molar-refractivity contribution in [3.8, 4) is 0 Å². The summed E-state index contributed by atoms with van der Waals surface area (Å²) in [6.07, 6.45) is 1.86. The molecule has 22 heavy (non-hydrogen) atoms. The largest absolute Gasteiger partial charge is 0.479 e. The third-order valence-corrected chi connectivity index (χ3v) is 5.01. The molecule has 0 aliphatic heterocycles. The number of carboxylic acid groups (broad SMARTS) is 1. The van der Waals surface area contributed by atoms with Crippen molar-refractivity contribution in [2.75, 3.05) is 6.54 Å². The molecule has 1 aliphatic carbocycles. The van der Waals surface area contributed by atoms with Gasteiger partial charge in [-0.2, -0.15) is 0 Å². The Morgan fingerprint density at radius 1 is 1.36 bits per heavy atom. The van der Waals surface area contributed by atoms with Crippen molar-refractivity contribution in [2.45, 2.75) is 36.7 Å². The van der Waals surface area contributed by atoms with E-state index < -0.39 is 28.1 Å². The fourth-order valence-electron chi connectivity index (χ4n) is 2.17. The van der Waals surface area contributed by atoms with E-state index in [2.05, 4.69) is 0 Å². The molecular formula is C14H17NO6S. The van der Waals surface area contributed by atoms with Crippen molar-refractivity contribution >= 4 is 21.8 Å². The van der Waals surface area contributed by atoms with E-state index in [0.717, 1.165) is 25.3 Å². The van der Waals surface area contributed by atoms with E-state index in [4.69, 9.17) is 5.11 Å². The number of rotatable bonds is 5. The highest BCUT2D eigenvalue weighted by Crippen LogP contribution is 2.24. The molecule has 0 fully saturated rings. The number of hydrogen-bond acceptors (Lipinski definition) is 5. The Morgan fingerprint density at radius 2 is 2.05 bits per heavy atom. The van der Waals surface area contributed by atoms with Crippen molar-refractivity contribution in [3.63, 3.8) is 0 Å². The van der Waals surface area contributed by atoms with Crippen LogP contribution in [-0.4, -0.2) is 42.5 Å². The summed E-state index contributed by atoms with van der Waals surface area (Å²) in [6.45, 7) is 0.323. The highest BCUT2D eigenvalue weighted by Gasteiger charge is 2.32. The molecule has 3 N–H and O–H groups in total. The van der Waals surface area contributed by atoms with Gasteiger partial charge in [-0.15, -0.1) is 0 Å².